The van der Waals surface area contributed by atoms with E-state index in [-0.39, 0.29) is 0 Å². The Morgan fingerprint density at radius 3 is 2.76 bits per heavy atom. The van der Waals surface area contributed by atoms with Crippen molar-refractivity contribution in [2.24, 2.45) is 0 Å². The van der Waals surface area contributed by atoms with E-state index in [2.05, 4.69) is 59.8 Å². The molecule has 6 aromatic heterocycles. The summed E-state index contributed by atoms with van der Waals surface area (Å²) in [6.45, 7) is 0. The molecule has 0 saturated carbocycles. The molecule has 0 unspecified atom stereocenters. The molecule has 0 amide bonds. The topological polar surface area (TPSA) is 83.1 Å². The molecule has 0 aliphatic rings. The van der Waals surface area contributed by atoms with Gasteiger partial charge in [-0.25, -0.2) is 4.98 Å². The highest BCUT2D eigenvalue weighted by molar-refractivity contribution is 7.13. The van der Waals surface area contributed by atoms with E-state index in [1.807, 2.05) is 36.8 Å². The molecule has 0 bridgehead atoms. The molecule has 6 nitrogen and oxygen atoms in total. The minimum atomic E-state index is 0.850. The quantitative estimate of drug-likeness (QED) is 0.427. The summed E-state index contributed by atoms with van der Waals surface area (Å²) in [7, 11) is 0. The van der Waals surface area contributed by atoms with Gasteiger partial charge in [0.2, 0.25) is 0 Å². The summed E-state index contributed by atoms with van der Waals surface area (Å²) < 4.78 is 0. The van der Waals surface area contributed by atoms with E-state index >= 15 is 0 Å². The molecule has 0 aliphatic heterocycles. The van der Waals surface area contributed by atoms with E-state index in [0.717, 1.165) is 44.6 Å². The molecule has 6 aromatic rings. The van der Waals surface area contributed by atoms with Gasteiger partial charge in [-0.15, -0.1) is 11.3 Å². The van der Waals surface area contributed by atoms with Gasteiger partial charge in [0.15, 0.2) is 0 Å². The first-order valence-electron chi connectivity index (χ1n) is 9.13. The van der Waals surface area contributed by atoms with Gasteiger partial charge < -0.3 is 4.98 Å². The number of nitrogens with zero attached hydrogens (tertiary/aromatic N) is 4. The summed E-state index contributed by atoms with van der Waals surface area (Å²) in [5.41, 5.74) is 6.52. The molecule has 0 fully saturated rings. The molecule has 0 spiro atoms. The second-order valence-electron chi connectivity index (χ2n) is 6.71. The number of aromatic amines is 2. The number of thiophene rings is 1. The van der Waals surface area contributed by atoms with Gasteiger partial charge >= 0.3 is 0 Å². The zero-order valence-corrected chi connectivity index (χ0v) is 15.9. The molecule has 6 heterocycles. The summed E-state index contributed by atoms with van der Waals surface area (Å²) in [4.78, 5) is 17.9. The number of H-pyrrole nitrogens is 2. The Labute approximate surface area is 169 Å². The maximum Gasteiger partial charge on any atom is 0.138 e. The Balaban J connectivity index is 1.53. The maximum atomic E-state index is 4.55. The Morgan fingerprint density at radius 2 is 1.90 bits per heavy atom. The first-order chi connectivity index (χ1) is 14.4. The third kappa shape index (κ3) is 2.63. The molecule has 0 atom stereocenters. The average Bonchev–Trinajstić information content (AvgIpc) is 3.52. The minimum Gasteiger partial charge on any atom is -0.338 e. The normalized spacial score (nSPS) is 11.4. The standard InChI is InChI=1S/C22H14N6S/c1-3-13(11-23-6-1)17-10-16-19(12-25-17)27-28-21(16)18-9-15-14(20-4-2-8-29-20)5-7-24-22(15)26-18/h1-12H,(H,24,26)(H,27,28). The fourth-order valence-corrected chi connectivity index (χ4v) is 4.36. The number of fused-ring (bicyclic) bond motifs is 2. The maximum absolute atomic E-state index is 4.55. The van der Waals surface area contributed by atoms with Crippen LogP contribution < -0.4 is 0 Å². The highest BCUT2D eigenvalue weighted by Crippen LogP contribution is 2.35. The predicted octanol–water partition coefficient (Wildman–Crippen LogP) is 5.29. The van der Waals surface area contributed by atoms with Crippen molar-refractivity contribution in [3.63, 3.8) is 0 Å². The summed E-state index contributed by atoms with van der Waals surface area (Å²) >= 11 is 1.72. The van der Waals surface area contributed by atoms with E-state index in [4.69, 9.17) is 0 Å². The first kappa shape index (κ1) is 16.1. The molecule has 2 N–H and O–H groups in total. The average molecular weight is 394 g/mol. The Bertz CT molecular complexity index is 1450. The van der Waals surface area contributed by atoms with Crippen molar-refractivity contribution < 1.29 is 0 Å². The van der Waals surface area contributed by atoms with Crippen LogP contribution in [0.4, 0.5) is 0 Å². The minimum absolute atomic E-state index is 0.850. The highest BCUT2D eigenvalue weighted by atomic mass is 32.1. The van der Waals surface area contributed by atoms with Crippen molar-refractivity contribution in [3.05, 3.63) is 72.6 Å². The van der Waals surface area contributed by atoms with E-state index in [0.29, 0.717) is 0 Å². The van der Waals surface area contributed by atoms with Gasteiger partial charge in [0.1, 0.15) is 11.3 Å². The first-order valence-corrected chi connectivity index (χ1v) is 10.0. The van der Waals surface area contributed by atoms with Crippen LogP contribution in [0, 0.1) is 0 Å². The van der Waals surface area contributed by atoms with Crippen molar-refractivity contribution in [3.8, 4) is 33.1 Å². The van der Waals surface area contributed by atoms with Crippen LogP contribution >= 0.6 is 11.3 Å². The zero-order valence-electron chi connectivity index (χ0n) is 15.1. The third-order valence-corrected chi connectivity index (χ3v) is 5.88. The lowest BCUT2D eigenvalue weighted by molar-refractivity contribution is 1.11. The second kappa shape index (κ2) is 6.35. The largest absolute Gasteiger partial charge is 0.338 e. The van der Waals surface area contributed by atoms with Crippen molar-refractivity contribution >= 4 is 33.3 Å². The molecule has 7 heteroatoms. The van der Waals surface area contributed by atoms with E-state index in [1.54, 1.807) is 17.5 Å². The monoisotopic (exact) mass is 394 g/mol. The van der Waals surface area contributed by atoms with E-state index in [9.17, 15) is 0 Å². The number of hydrogen-bond donors (Lipinski definition) is 2. The molecular weight excluding hydrogens is 380 g/mol. The third-order valence-electron chi connectivity index (χ3n) is 4.98. The van der Waals surface area contributed by atoms with Crippen LogP contribution in [0.3, 0.4) is 0 Å². The van der Waals surface area contributed by atoms with Gasteiger partial charge in [0.05, 0.1) is 23.1 Å². The molecule has 0 radical (unpaired) electrons. The summed E-state index contributed by atoms with van der Waals surface area (Å²) in [6, 6.07) is 14.3. The lowest BCUT2D eigenvalue weighted by Crippen LogP contribution is -1.85. The zero-order chi connectivity index (χ0) is 19.2. The smallest absolute Gasteiger partial charge is 0.138 e. The van der Waals surface area contributed by atoms with Crippen LogP contribution in [-0.4, -0.2) is 30.1 Å². The van der Waals surface area contributed by atoms with Crippen LogP contribution in [0.1, 0.15) is 0 Å². The summed E-state index contributed by atoms with van der Waals surface area (Å²) in [6.07, 6.45) is 7.22. The summed E-state index contributed by atoms with van der Waals surface area (Å²) in [5.74, 6) is 0. The van der Waals surface area contributed by atoms with Gasteiger partial charge in [0.25, 0.3) is 0 Å². The second-order valence-corrected chi connectivity index (χ2v) is 7.66. The fraction of sp³-hybridized carbons (Fsp3) is 0. The molecule has 6 rings (SSSR count). The number of hydrogen-bond acceptors (Lipinski definition) is 5. The fourth-order valence-electron chi connectivity index (χ4n) is 3.60. The van der Waals surface area contributed by atoms with Crippen molar-refractivity contribution in [2.75, 3.05) is 0 Å². The Kier molecular flexibility index (Phi) is 3.54. The highest BCUT2D eigenvalue weighted by Gasteiger charge is 2.15. The van der Waals surface area contributed by atoms with Crippen molar-refractivity contribution in [1.82, 2.24) is 30.1 Å². The summed E-state index contributed by atoms with van der Waals surface area (Å²) in [5, 5.41) is 11.8. The molecule has 0 aromatic carbocycles. The Morgan fingerprint density at radius 1 is 0.897 bits per heavy atom. The van der Waals surface area contributed by atoms with E-state index in [1.165, 1.54) is 10.4 Å². The van der Waals surface area contributed by atoms with Gasteiger partial charge in [-0.3, -0.25) is 15.1 Å². The van der Waals surface area contributed by atoms with Crippen molar-refractivity contribution in [2.45, 2.75) is 0 Å². The number of aromatic nitrogens is 6. The van der Waals surface area contributed by atoms with Crippen LogP contribution in [0.15, 0.2) is 72.6 Å². The molecule has 0 saturated heterocycles. The molecule has 29 heavy (non-hydrogen) atoms. The van der Waals surface area contributed by atoms with Gasteiger partial charge in [0, 0.05) is 45.4 Å². The predicted molar refractivity (Wildman–Crippen MR) is 116 cm³/mol. The molecule has 138 valence electrons. The van der Waals surface area contributed by atoms with Crippen molar-refractivity contribution in [1.29, 1.82) is 0 Å². The van der Waals surface area contributed by atoms with Gasteiger partial charge in [-0.2, -0.15) is 5.10 Å². The number of nitrogens with one attached hydrogen (secondary N) is 2. The van der Waals surface area contributed by atoms with Crippen LogP contribution in [-0.2, 0) is 0 Å². The lowest BCUT2D eigenvalue weighted by Gasteiger charge is -2.00. The molecular formula is C22H14N6S. The van der Waals surface area contributed by atoms with Crippen LogP contribution in [0.2, 0.25) is 0 Å². The van der Waals surface area contributed by atoms with E-state index < -0.39 is 0 Å². The van der Waals surface area contributed by atoms with Crippen LogP contribution in [0.25, 0.3) is 55.0 Å². The van der Waals surface area contributed by atoms with Gasteiger partial charge in [-0.1, -0.05) is 6.07 Å². The molecule has 0 aliphatic carbocycles. The number of pyridine rings is 3. The SMILES string of the molecule is c1cncc(-c2cc3c(-c4cc5c(-c6cccs6)ccnc5[nH]4)n[nH]c3cn2)c1. The van der Waals surface area contributed by atoms with Gasteiger partial charge in [-0.05, 0) is 41.8 Å². The Hall–Kier alpha value is -3.84. The lowest BCUT2D eigenvalue weighted by atomic mass is 10.1. The number of rotatable bonds is 3. The van der Waals surface area contributed by atoms with Crippen LogP contribution in [0.5, 0.6) is 0 Å².